The monoisotopic (exact) mass is 664 g/mol. The van der Waals surface area contributed by atoms with E-state index in [1.165, 1.54) is 6.26 Å². The highest BCUT2D eigenvalue weighted by Crippen LogP contribution is 2.45. The molecule has 1 fully saturated rings. The lowest BCUT2D eigenvalue weighted by molar-refractivity contribution is 0.122. The topological polar surface area (TPSA) is 82.5 Å². The first-order chi connectivity index (χ1) is 22.8. The van der Waals surface area contributed by atoms with Crippen molar-refractivity contribution < 1.29 is 17.9 Å². The van der Waals surface area contributed by atoms with Crippen LogP contribution in [0.1, 0.15) is 73.2 Å². The second-order valence-electron chi connectivity index (χ2n) is 13.4. The lowest BCUT2D eigenvalue weighted by Gasteiger charge is -2.39. The van der Waals surface area contributed by atoms with Crippen LogP contribution >= 0.6 is 0 Å². The third-order valence-electron chi connectivity index (χ3n) is 8.92. The number of nitrogens with zero attached hydrogens (tertiary/aromatic N) is 4. The van der Waals surface area contributed by atoms with Gasteiger partial charge < -0.3 is 9.64 Å². The predicted octanol–water partition coefficient (Wildman–Crippen LogP) is 5.67. The molecule has 8 nitrogen and oxygen atoms in total. The van der Waals surface area contributed by atoms with Crippen LogP contribution in [-0.2, 0) is 15.3 Å². The van der Waals surface area contributed by atoms with E-state index in [0.717, 1.165) is 33.4 Å². The minimum Gasteiger partial charge on any atom is -0.493 e. The van der Waals surface area contributed by atoms with Crippen molar-refractivity contribution in [3.8, 4) is 30.4 Å². The summed E-state index contributed by atoms with van der Waals surface area (Å²) in [5.74, 6) is 6.65. The minimum absolute atomic E-state index is 0.0878. The highest BCUT2D eigenvalue weighted by Gasteiger charge is 2.45. The quantitative estimate of drug-likeness (QED) is 0.290. The Morgan fingerprint density at radius 1 is 0.917 bits per heavy atom. The SMILES string of the molecule is C#Cc1ccc([C@@H]2[C@H](c3ccc(C#C)cc3)N=C(c3ccc(C(C)(C)C)cc3OCC)N2C(=O)N2CCN(CCS(C)(=O)=O)CC2)cc1. The van der Waals surface area contributed by atoms with E-state index in [9.17, 15) is 13.2 Å². The molecule has 2 amide bonds. The van der Waals surface area contributed by atoms with Crippen molar-refractivity contribution in [1.29, 1.82) is 0 Å². The van der Waals surface area contributed by atoms with Crippen LogP contribution in [0.3, 0.4) is 0 Å². The van der Waals surface area contributed by atoms with Crippen molar-refractivity contribution in [3.05, 3.63) is 100 Å². The number of benzene rings is 3. The van der Waals surface area contributed by atoms with Gasteiger partial charge in [-0.3, -0.25) is 14.8 Å². The van der Waals surface area contributed by atoms with E-state index in [1.54, 1.807) is 0 Å². The Morgan fingerprint density at radius 2 is 1.50 bits per heavy atom. The number of amidine groups is 1. The molecular formula is C39H44N4O4S. The molecule has 0 spiro atoms. The number of piperazine rings is 1. The van der Waals surface area contributed by atoms with Crippen LogP contribution in [-0.4, -0.2) is 86.3 Å². The van der Waals surface area contributed by atoms with Gasteiger partial charge in [0.25, 0.3) is 0 Å². The summed E-state index contributed by atoms with van der Waals surface area (Å²) < 4.78 is 29.8. The third-order valence-corrected chi connectivity index (χ3v) is 9.84. The van der Waals surface area contributed by atoms with Crippen LogP contribution in [0.15, 0.2) is 71.7 Å². The molecule has 9 heteroatoms. The number of sulfone groups is 1. The van der Waals surface area contributed by atoms with E-state index >= 15 is 0 Å². The van der Waals surface area contributed by atoms with E-state index in [2.05, 4.69) is 49.6 Å². The average molecular weight is 665 g/mol. The highest BCUT2D eigenvalue weighted by atomic mass is 32.2. The van der Waals surface area contributed by atoms with Crippen molar-refractivity contribution in [2.75, 3.05) is 51.3 Å². The zero-order valence-corrected chi connectivity index (χ0v) is 29.3. The molecule has 1 saturated heterocycles. The highest BCUT2D eigenvalue weighted by molar-refractivity contribution is 7.90. The maximum Gasteiger partial charge on any atom is 0.326 e. The van der Waals surface area contributed by atoms with Gasteiger partial charge in [0, 0.05) is 50.1 Å². The second-order valence-corrected chi connectivity index (χ2v) is 15.6. The Morgan fingerprint density at radius 3 is 2.02 bits per heavy atom. The number of carbonyl (C=O) groups excluding carboxylic acids is 1. The molecule has 0 N–H and O–H groups in total. The molecule has 2 atom stereocenters. The first kappa shape index (κ1) is 34.8. The van der Waals surface area contributed by atoms with Gasteiger partial charge >= 0.3 is 6.03 Å². The van der Waals surface area contributed by atoms with Crippen LogP contribution in [0.2, 0.25) is 0 Å². The molecule has 0 unspecified atom stereocenters. The van der Waals surface area contributed by atoms with E-state index in [4.69, 9.17) is 22.6 Å². The van der Waals surface area contributed by atoms with Gasteiger partial charge in [-0.15, -0.1) is 12.8 Å². The number of amides is 2. The Kier molecular flexibility index (Phi) is 10.3. The Bertz CT molecular complexity index is 1860. The summed E-state index contributed by atoms with van der Waals surface area (Å²) in [5, 5.41) is 0. The van der Waals surface area contributed by atoms with E-state index in [1.807, 2.05) is 71.3 Å². The summed E-state index contributed by atoms with van der Waals surface area (Å²) in [6, 6.07) is 20.5. The molecule has 0 aliphatic carbocycles. The van der Waals surface area contributed by atoms with Gasteiger partial charge in [-0.1, -0.05) is 62.9 Å². The Hall–Kier alpha value is -4.57. The maximum absolute atomic E-state index is 14.8. The van der Waals surface area contributed by atoms with Crippen molar-refractivity contribution in [2.45, 2.75) is 45.2 Å². The first-order valence-corrected chi connectivity index (χ1v) is 18.4. The molecule has 5 rings (SSSR count). The summed E-state index contributed by atoms with van der Waals surface area (Å²) in [7, 11) is -3.09. The molecule has 0 saturated carbocycles. The Labute approximate surface area is 285 Å². The van der Waals surface area contributed by atoms with Gasteiger partial charge in [-0.2, -0.15) is 0 Å². The van der Waals surface area contributed by atoms with E-state index < -0.39 is 21.9 Å². The van der Waals surface area contributed by atoms with Crippen LogP contribution in [0, 0.1) is 24.7 Å². The summed E-state index contributed by atoms with van der Waals surface area (Å²) in [6.07, 6.45) is 12.6. The normalized spacial score (nSPS) is 18.6. The summed E-state index contributed by atoms with van der Waals surface area (Å²) in [5.41, 5.74) is 5.04. The first-order valence-electron chi connectivity index (χ1n) is 16.3. The van der Waals surface area contributed by atoms with Crippen molar-refractivity contribution in [1.82, 2.24) is 14.7 Å². The van der Waals surface area contributed by atoms with Gasteiger partial charge in [-0.05, 0) is 65.4 Å². The summed E-state index contributed by atoms with van der Waals surface area (Å²) >= 11 is 0. The zero-order valence-electron chi connectivity index (χ0n) is 28.4. The molecule has 0 bridgehead atoms. The fourth-order valence-corrected chi connectivity index (χ4v) is 6.74. The lowest BCUT2D eigenvalue weighted by Crippen LogP contribution is -2.54. The zero-order chi connectivity index (χ0) is 34.6. The number of carbonyl (C=O) groups is 1. The van der Waals surface area contributed by atoms with Crippen LogP contribution in [0.25, 0.3) is 0 Å². The number of terminal acetylenes is 2. The fraction of sp³-hybridized carbons (Fsp3) is 0.385. The van der Waals surface area contributed by atoms with Gasteiger partial charge in [-0.25, -0.2) is 13.2 Å². The second kappa shape index (κ2) is 14.3. The molecular weight excluding hydrogens is 621 g/mol. The number of rotatable bonds is 8. The van der Waals surface area contributed by atoms with Gasteiger partial charge in [0.05, 0.1) is 24.0 Å². The minimum atomic E-state index is -3.09. The largest absolute Gasteiger partial charge is 0.493 e. The van der Waals surface area contributed by atoms with Gasteiger partial charge in [0.2, 0.25) is 0 Å². The Balaban J connectivity index is 1.62. The van der Waals surface area contributed by atoms with Crippen LogP contribution < -0.4 is 4.74 Å². The number of hydrogen-bond donors (Lipinski definition) is 0. The molecule has 250 valence electrons. The van der Waals surface area contributed by atoms with Crippen molar-refractivity contribution in [2.24, 2.45) is 4.99 Å². The smallest absolute Gasteiger partial charge is 0.326 e. The van der Waals surface area contributed by atoms with Gasteiger partial charge in [0.15, 0.2) is 0 Å². The van der Waals surface area contributed by atoms with Crippen LogP contribution in [0.5, 0.6) is 5.75 Å². The number of urea groups is 1. The summed E-state index contributed by atoms with van der Waals surface area (Å²) in [4.78, 5) is 25.9. The molecule has 3 aromatic rings. The fourth-order valence-electron chi connectivity index (χ4n) is 6.15. The molecule has 48 heavy (non-hydrogen) atoms. The molecule has 0 aromatic heterocycles. The standard InChI is InChI=1S/C39H44N4O4S/c1-8-28-11-15-30(16-12-28)35-36(31-17-13-29(9-2)14-18-31)43(38(44)42-23-21-41(22-24-42)25-26-48(7,45)46)37(40-35)33-20-19-32(39(4,5)6)27-34(33)47-10-3/h1-2,11-20,27,35-36H,10,21-26H2,3-7H3/t35-,36+/m0/s1. The molecule has 2 aliphatic rings. The van der Waals surface area contributed by atoms with E-state index in [-0.39, 0.29) is 17.2 Å². The maximum atomic E-state index is 14.8. The van der Waals surface area contributed by atoms with Crippen molar-refractivity contribution in [3.63, 3.8) is 0 Å². The molecule has 2 heterocycles. The summed E-state index contributed by atoms with van der Waals surface area (Å²) in [6.45, 7) is 11.4. The van der Waals surface area contributed by atoms with Crippen LogP contribution in [0.4, 0.5) is 4.79 Å². The number of aliphatic imine (C=N–C) groups is 1. The third kappa shape index (κ3) is 7.76. The number of hydrogen-bond acceptors (Lipinski definition) is 6. The van der Waals surface area contributed by atoms with Gasteiger partial charge in [0.1, 0.15) is 27.5 Å². The molecule has 2 aliphatic heterocycles. The van der Waals surface area contributed by atoms with Crippen molar-refractivity contribution >= 4 is 21.7 Å². The lowest BCUT2D eigenvalue weighted by atomic mass is 9.86. The van der Waals surface area contributed by atoms with E-state index in [0.29, 0.717) is 50.9 Å². The number of ether oxygens (including phenoxy) is 1. The predicted molar refractivity (Wildman–Crippen MR) is 192 cm³/mol. The molecule has 3 aromatic carbocycles. The average Bonchev–Trinajstić information content (AvgIpc) is 3.47. The molecule has 0 radical (unpaired) electrons.